The van der Waals surface area contributed by atoms with Gasteiger partial charge in [0.15, 0.2) is 0 Å². The molecule has 1 aromatic carbocycles. The van der Waals surface area contributed by atoms with Gasteiger partial charge in [-0.2, -0.15) is 0 Å². The van der Waals surface area contributed by atoms with Crippen molar-refractivity contribution in [2.24, 2.45) is 0 Å². The zero-order valence-corrected chi connectivity index (χ0v) is 13.5. The molecule has 0 radical (unpaired) electrons. The smallest absolute Gasteiger partial charge is 0.132 e. The number of aromatic nitrogens is 1. The van der Waals surface area contributed by atoms with Crippen molar-refractivity contribution >= 4 is 15.9 Å². The molecular formula is C16H17BrF2N2. The molecule has 0 amide bonds. The van der Waals surface area contributed by atoms with Crippen molar-refractivity contribution in [2.45, 2.75) is 26.3 Å². The van der Waals surface area contributed by atoms with Gasteiger partial charge in [0, 0.05) is 22.4 Å². The van der Waals surface area contributed by atoms with Crippen molar-refractivity contribution in [1.29, 1.82) is 0 Å². The zero-order valence-electron chi connectivity index (χ0n) is 12.0. The van der Waals surface area contributed by atoms with E-state index in [0.717, 1.165) is 17.5 Å². The molecule has 5 heteroatoms. The average Bonchev–Trinajstić information content (AvgIpc) is 2.42. The van der Waals surface area contributed by atoms with Crippen LogP contribution in [0, 0.1) is 18.6 Å². The second-order valence-electron chi connectivity index (χ2n) is 4.90. The molecule has 0 aliphatic carbocycles. The van der Waals surface area contributed by atoms with Crippen molar-refractivity contribution in [1.82, 2.24) is 10.3 Å². The number of nitrogens with one attached hydrogen (secondary N) is 1. The maximum Gasteiger partial charge on any atom is 0.132 e. The van der Waals surface area contributed by atoms with E-state index in [2.05, 4.69) is 26.2 Å². The van der Waals surface area contributed by atoms with Crippen LogP contribution in [-0.4, -0.2) is 11.5 Å². The summed E-state index contributed by atoms with van der Waals surface area (Å²) in [4.78, 5) is 4.08. The molecule has 0 bridgehead atoms. The van der Waals surface area contributed by atoms with Gasteiger partial charge in [-0.05, 0) is 49.2 Å². The molecule has 1 atom stereocenters. The Morgan fingerprint density at radius 3 is 2.52 bits per heavy atom. The molecule has 0 saturated carbocycles. The van der Waals surface area contributed by atoms with Crippen LogP contribution in [0.1, 0.15) is 36.1 Å². The lowest BCUT2D eigenvalue weighted by Crippen LogP contribution is -2.26. The van der Waals surface area contributed by atoms with Crippen LogP contribution < -0.4 is 5.32 Å². The first-order chi connectivity index (χ1) is 10.0. The SMILES string of the molecule is CCCNC(c1cnccc1C)c1c(F)cc(Br)cc1F. The molecule has 2 nitrogen and oxygen atoms in total. The summed E-state index contributed by atoms with van der Waals surface area (Å²) in [6.07, 6.45) is 4.20. The number of benzene rings is 1. The van der Waals surface area contributed by atoms with Gasteiger partial charge in [0.05, 0.1) is 6.04 Å². The summed E-state index contributed by atoms with van der Waals surface area (Å²) in [6.45, 7) is 4.58. The number of nitrogens with zero attached hydrogens (tertiary/aromatic N) is 1. The Morgan fingerprint density at radius 1 is 1.29 bits per heavy atom. The van der Waals surface area contributed by atoms with E-state index in [0.29, 0.717) is 11.0 Å². The van der Waals surface area contributed by atoms with Crippen molar-refractivity contribution in [3.8, 4) is 0 Å². The quantitative estimate of drug-likeness (QED) is 0.853. The molecule has 1 unspecified atom stereocenters. The van der Waals surface area contributed by atoms with Crippen LogP contribution in [0.3, 0.4) is 0 Å². The van der Waals surface area contributed by atoms with Crippen molar-refractivity contribution in [2.75, 3.05) is 6.54 Å². The summed E-state index contributed by atoms with van der Waals surface area (Å²) in [5.74, 6) is -1.14. The summed E-state index contributed by atoms with van der Waals surface area (Å²) >= 11 is 3.11. The molecule has 0 fully saturated rings. The highest BCUT2D eigenvalue weighted by Crippen LogP contribution is 2.30. The minimum absolute atomic E-state index is 0.0303. The minimum Gasteiger partial charge on any atom is -0.306 e. The van der Waals surface area contributed by atoms with Gasteiger partial charge in [-0.3, -0.25) is 4.98 Å². The van der Waals surface area contributed by atoms with E-state index >= 15 is 0 Å². The Labute approximate surface area is 131 Å². The Hall–Kier alpha value is -1.33. The summed E-state index contributed by atoms with van der Waals surface area (Å²) in [5, 5.41) is 3.21. The van der Waals surface area contributed by atoms with Gasteiger partial charge >= 0.3 is 0 Å². The molecule has 1 heterocycles. The van der Waals surface area contributed by atoms with Gasteiger partial charge in [0.2, 0.25) is 0 Å². The molecule has 0 aliphatic rings. The lowest BCUT2D eigenvalue weighted by molar-refractivity contribution is 0.500. The van der Waals surface area contributed by atoms with Gasteiger partial charge in [0.1, 0.15) is 11.6 Å². The zero-order chi connectivity index (χ0) is 15.4. The second kappa shape index (κ2) is 7.09. The highest BCUT2D eigenvalue weighted by Gasteiger charge is 2.23. The van der Waals surface area contributed by atoms with Crippen molar-refractivity contribution in [3.05, 3.63) is 63.4 Å². The van der Waals surface area contributed by atoms with Crippen LogP contribution in [0.2, 0.25) is 0 Å². The van der Waals surface area contributed by atoms with Gasteiger partial charge in [0.25, 0.3) is 0 Å². The van der Waals surface area contributed by atoms with Gasteiger partial charge in [-0.25, -0.2) is 8.78 Å². The monoisotopic (exact) mass is 354 g/mol. The third-order valence-electron chi connectivity index (χ3n) is 3.32. The third-order valence-corrected chi connectivity index (χ3v) is 3.78. The normalized spacial score (nSPS) is 12.4. The summed E-state index contributed by atoms with van der Waals surface area (Å²) in [5.41, 5.74) is 1.76. The fourth-order valence-corrected chi connectivity index (χ4v) is 2.67. The predicted octanol–water partition coefficient (Wildman–Crippen LogP) is 4.52. The largest absolute Gasteiger partial charge is 0.306 e. The molecule has 0 spiro atoms. The predicted molar refractivity (Wildman–Crippen MR) is 83.2 cm³/mol. The van der Waals surface area contributed by atoms with E-state index in [-0.39, 0.29) is 5.56 Å². The van der Waals surface area contributed by atoms with Gasteiger partial charge < -0.3 is 5.32 Å². The highest BCUT2D eigenvalue weighted by atomic mass is 79.9. The summed E-state index contributed by atoms with van der Waals surface area (Å²) < 4.78 is 28.9. The van der Waals surface area contributed by atoms with Crippen molar-refractivity contribution in [3.63, 3.8) is 0 Å². The Morgan fingerprint density at radius 2 is 1.95 bits per heavy atom. The lowest BCUT2D eigenvalue weighted by Gasteiger charge is -2.22. The molecule has 2 aromatic rings. The molecular weight excluding hydrogens is 338 g/mol. The minimum atomic E-state index is -0.571. The highest BCUT2D eigenvalue weighted by molar-refractivity contribution is 9.10. The first-order valence-electron chi connectivity index (χ1n) is 6.83. The molecule has 21 heavy (non-hydrogen) atoms. The maximum atomic E-state index is 14.3. The number of halogens is 3. The van der Waals surface area contributed by atoms with Crippen LogP contribution >= 0.6 is 15.9 Å². The lowest BCUT2D eigenvalue weighted by atomic mass is 9.95. The number of pyridine rings is 1. The second-order valence-corrected chi connectivity index (χ2v) is 5.82. The van der Waals surface area contributed by atoms with E-state index in [1.165, 1.54) is 12.1 Å². The molecule has 0 saturated heterocycles. The molecule has 0 aliphatic heterocycles. The number of hydrogen-bond donors (Lipinski definition) is 1. The van der Waals surface area contributed by atoms with Crippen LogP contribution in [0.5, 0.6) is 0 Å². The van der Waals surface area contributed by atoms with E-state index in [4.69, 9.17) is 0 Å². The number of hydrogen-bond acceptors (Lipinski definition) is 2. The third kappa shape index (κ3) is 3.66. The van der Waals surface area contributed by atoms with Crippen LogP contribution in [0.4, 0.5) is 8.78 Å². The molecule has 2 rings (SSSR count). The summed E-state index contributed by atoms with van der Waals surface area (Å²) in [7, 11) is 0. The van der Waals surface area contributed by atoms with E-state index in [1.807, 2.05) is 19.9 Å². The maximum absolute atomic E-state index is 14.3. The van der Waals surface area contributed by atoms with Crippen molar-refractivity contribution < 1.29 is 8.78 Å². The van der Waals surface area contributed by atoms with Gasteiger partial charge in [-0.1, -0.05) is 22.9 Å². The molecule has 1 N–H and O–H groups in total. The summed E-state index contributed by atoms with van der Waals surface area (Å²) in [6, 6.07) is 3.85. The van der Waals surface area contributed by atoms with Gasteiger partial charge in [-0.15, -0.1) is 0 Å². The molecule has 112 valence electrons. The Bertz CT molecular complexity index is 608. The average molecular weight is 355 g/mol. The Kier molecular flexibility index (Phi) is 5.42. The number of rotatable bonds is 5. The van der Waals surface area contributed by atoms with E-state index < -0.39 is 17.7 Å². The van der Waals surface area contributed by atoms with Crippen LogP contribution in [0.15, 0.2) is 35.1 Å². The van der Waals surface area contributed by atoms with E-state index in [1.54, 1.807) is 12.4 Å². The standard InChI is InChI=1S/C16H17BrF2N2/c1-3-5-21-16(12-9-20-6-4-10(12)2)15-13(18)7-11(17)8-14(15)19/h4,6-9,16,21H,3,5H2,1-2H3. The molecule has 1 aromatic heterocycles. The van der Waals surface area contributed by atoms with Crippen LogP contribution in [-0.2, 0) is 0 Å². The first kappa shape index (κ1) is 16.0. The first-order valence-corrected chi connectivity index (χ1v) is 7.62. The van der Waals surface area contributed by atoms with E-state index in [9.17, 15) is 8.78 Å². The fourth-order valence-electron chi connectivity index (χ4n) is 2.26. The number of aryl methyl sites for hydroxylation is 1. The Balaban J connectivity index is 2.54. The topological polar surface area (TPSA) is 24.9 Å². The van der Waals surface area contributed by atoms with Crippen LogP contribution in [0.25, 0.3) is 0 Å². The fraction of sp³-hybridized carbons (Fsp3) is 0.312.